The summed E-state index contributed by atoms with van der Waals surface area (Å²) in [6.07, 6.45) is 8.17. The van der Waals surface area contributed by atoms with Crippen molar-refractivity contribution in [2.75, 3.05) is 19.0 Å². The monoisotopic (exact) mass is 297 g/mol. The molecule has 0 aliphatic rings. The molecule has 4 nitrogen and oxygen atoms in total. The quantitative estimate of drug-likeness (QED) is 0.691. The first-order valence-electron chi connectivity index (χ1n) is 7.88. The van der Waals surface area contributed by atoms with Crippen LogP contribution in [0.2, 0.25) is 0 Å². The standard InChI is InChI=1S/C18H23N3O/c1-22-16-13-15-9-8-12-21-18(15)17(14-16)20-11-7-5-3-2-4-6-10-19/h8-9,12-14,20H,2-7,11H2,1H3. The summed E-state index contributed by atoms with van der Waals surface area (Å²) in [5.74, 6) is 0.847. The third kappa shape index (κ3) is 4.63. The molecule has 1 aromatic carbocycles. The minimum atomic E-state index is 0.680. The number of rotatable bonds is 9. The van der Waals surface area contributed by atoms with Crippen molar-refractivity contribution in [1.82, 2.24) is 4.98 Å². The zero-order valence-electron chi connectivity index (χ0n) is 13.1. The number of pyridine rings is 1. The van der Waals surface area contributed by atoms with Crippen LogP contribution in [0.1, 0.15) is 38.5 Å². The molecular weight excluding hydrogens is 274 g/mol. The second-order valence-corrected chi connectivity index (χ2v) is 5.35. The van der Waals surface area contributed by atoms with E-state index >= 15 is 0 Å². The number of methoxy groups -OCH3 is 1. The van der Waals surface area contributed by atoms with Crippen molar-refractivity contribution in [2.24, 2.45) is 0 Å². The van der Waals surface area contributed by atoms with Gasteiger partial charge in [-0.05, 0) is 25.0 Å². The van der Waals surface area contributed by atoms with Gasteiger partial charge in [-0.2, -0.15) is 5.26 Å². The van der Waals surface area contributed by atoms with Crippen LogP contribution in [0.3, 0.4) is 0 Å². The van der Waals surface area contributed by atoms with Crippen molar-refractivity contribution in [1.29, 1.82) is 5.26 Å². The highest BCUT2D eigenvalue weighted by molar-refractivity contribution is 5.91. The summed E-state index contributed by atoms with van der Waals surface area (Å²) >= 11 is 0. The third-order valence-corrected chi connectivity index (χ3v) is 3.69. The van der Waals surface area contributed by atoms with Crippen LogP contribution in [-0.4, -0.2) is 18.6 Å². The van der Waals surface area contributed by atoms with Crippen LogP contribution < -0.4 is 10.1 Å². The van der Waals surface area contributed by atoms with Gasteiger partial charge in [0.1, 0.15) is 5.75 Å². The van der Waals surface area contributed by atoms with Gasteiger partial charge >= 0.3 is 0 Å². The normalized spacial score (nSPS) is 10.4. The zero-order valence-corrected chi connectivity index (χ0v) is 13.1. The van der Waals surface area contributed by atoms with Crippen LogP contribution in [0.25, 0.3) is 10.9 Å². The van der Waals surface area contributed by atoms with Crippen molar-refractivity contribution in [3.05, 3.63) is 30.5 Å². The molecule has 1 N–H and O–H groups in total. The molecule has 1 heterocycles. The lowest BCUT2D eigenvalue weighted by atomic mass is 10.1. The molecule has 4 heteroatoms. The van der Waals surface area contributed by atoms with Gasteiger partial charge in [-0.1, -0.05) is 25.3 Å². The van der Waals surface area contributed by atoms with Gasteiger partial charge in [0.05, 0.1) is 24.4 Å². The lowest BCUT2D eigenvalue weighted by Crippen LogP contribution is -2.03. The van der Waals surface area contributed by atoms with E-state index in [0.29, 0.717) is 6.42 Å². The molecular formula is C18H23N3O. The fourth-order valence-electron chi connectivity index (χ4n) is 2.50. The fraction of sp³-hybridized carbons (Fsp3) is 0.444. The van der Waals surface area contributed by atoms with Gasteiger partial charge in [-0.15, -0.1) is 0 Å². The maximum absolute atomic E-state index is 8.49. The number of ether oxygens (including phenoxy) is 1. The first kappa shape index (κ1) is 16.1. The van der Waals surface area contributed by atoms with Gasteiger partial charge in [0.2, 0.25) is 0 Å². The van der Waals surface area contributed by atoms with Crippen molar-refractivity contribution >= 4 is 16.6 Å². The number of nitriles is 1. The Hall–Kier alpha value is -2.28. The van der Waals surface area contributed by atoms with Crippen LogP contribution in [0.4, 0.5) is 5.69 Å². The van der Waals surface area contributed by atoms with Crippen LogP contribution in [0.15, 0.2) is 30.5 Å². The molecule has 1 aromatic heterocycles. The second-order valence-electron chi connectivity index (χ2n) is 5.35. The average Bonchev–Trinajstić information content (AvgIpc) is 2.56. The molecule has 0 aliphatic carbocycles. The van der Waals surface area contributed by atoms with Crippen LogP contribution in [0, 0.1) is 11.3 Å². The highest BCUT2D eigenvalue weighted by Gasteiger charge is 2.05. The molecule has 0 unspecified atom stereocenters. The Bertz CT molecular complexity index is 634. The minimum absolute atomic E-state index is 0.680. The van der Waals surface area contributed by atoms with Gasteiger partial charge in [0.15, 0.2) is 0 Å². The minimum Gasteiger partial charge on any atom is -0.497 e. The lowest BCUT2D eigenvalue weighted by Gasteiger charge is -2.11. The number of aromatic nitrogens is 1. The summed E-state index contributed by atoms with van der Waals surface area (Å²) in [6, 6.07) is 10.2. The third-order valence-electron chi connectivity index (χ3n) is 3.69. The number of nitrogens with one attached hydrogen (secondary N) is 1. The Morgan fingerprint density at radius 2 is 2.00 bits per heavy atom. The Morgan fingerprint density at radius 3 is 2.82 bits per heavy atom. The molecule has 0 aliphatic heterocycles. The molecule has 0 spiro atoms. The van der Waals surface area contributed by atoms with Gasteiger partial charge < -0.3 is 10.1 Å². The van der Waals surface area contributed by atoms with Gasteiger partial charge in [-0.3, -0.25) is 4.98 Å². The number of fused-ring (bicyclic) bond motifs is 1. The summed E-state index contributed by atoms with van der Waals surface area (Å²) in [5.41, 5.74) is 2.01. The number of hydrogen-bond acceptors (Lipinski definition) is 4. The number of anilines is 1. The van der Waals surface area contributed by atoms with Crippen LogP contribution in [0.5, 0.6) is 5.75 Å². The van der Waals surface area contributed by atoms with Gasteiger partial charge in [0.25, 0.3) is 0 Å². The SMILES string of the molecule is COc1cc(NCCCCCCCC#N)c2ncccc2c1. The molecule has 0 atom stereocenters. The molecule has 0 saturated heterocycles. The number of nitrogens with zero attached hydrogens (tertiary/aromatic N) is 2. The second kappa shape index (κ2) is 8.89. The maximum Gasteiger partial charge on any atom is 0.121 e. The van der Waals surface area contributed by atoms with E-state index in [1.165, 1.54) is 12.8 Å². The molecule has 116 valence electrons. The first-order valence-corrected chi connectivity index (χ1v) is 7.88. The van der Waals surface area contributed by atoms with Crippen LogP contribution >= 0.6 is 0 Å². The van der Waals surface area contributed by atoms with E-state index < -0.39 is 0 Å². The van der Waals surface area contributed by atoms with E-state index in [9.17, 15) is 0 Å². The van der Waals surface area contributed by atoms with E-state index in [4.69, 9.17) is 10.00 Å². The van der Waals surface area contributed by atoms with E-state index in [-0.39, 0.29) is 0 Å². The molecule has 0 radical (unpaired) electrons. The van der Waals surface area contributed by atoms with Crippen molar-refractivity contribution < 1.29 is 4.74 Å². The zero-order chi connectivity index (χ0) is 15.6. The van der Waals surface area contributed by atoms with Crippen LogP contribution in [-0.2, 0) is 0 Å². The summed E-state index contributed by atoms with van der Waals surface area (Å²) < 4.78 is 5.35. The van der Waals surface area contributed by atoms with E-state index in [1.54, 1.807) is 7.11 Å². The first-order chi connectivity index (χ1) is 10.8. The molecule has 0 amide bonds. The van der Waals surface area contributed by atoms with E-state index in [2.05, 4.69) is 16.4 Å². The summed E-state index contributed by atoms with van der Waals surface area (Å²) in [4.78, 5) is 4.46. The molecule has 2 rings (SSSR count). The largest absolute Gasteiger partial charge is 0.497 e. The Labute approximate surface area is 132 Å². The average molecular weight is 297 g/mol. The summed E-state index contributed by atoms with van der Waals surface area (Å²) in [5, 5.41) is 13.0. The number of unbranched alkanes of at least 4 members (excludes halogenated alkanes) is 5. The number of benzene rings is 1. The van der Waals surface area contributed by atoms with Crippen molar-refractivity contribution in [3.8, 4) is 11.8 Å². The van der Waals surface area contributed by atoms with E-state index in [1.807, 2.05) is 30.5 Å². The van der Waals surface area contributed by atoms with Crippen molar-refractivity contribution in [2.45, 2.75) is 38.5 Å². The Balaban J connectivity index is 1.85. The Kier molecular flexibility index (Phi) is 6.50. The highest BCUT2D eigenvalue weighted by Crippen LogP contribution is 2.27. The van der Waals surface area contributed by atoms with Gasteiger partial charge in [-0.25, -0.2) is 0 Å². The Morgan fingerprint density at radius 1 is 1.18 bits per heavy atom. The highest BCUT2D eigenvalue weighted by atomic mass is 16.5. The summed E-state index contributed by atoms with van der Waals surface area (Å²) in [6.45, 7) is 0.928. The summed E-state index contributed by atoms with van der Waals surface area (Å²) in [7, 11) is 1.68. The molecule has 0 bridgehead atoms. The van der Waals surface area contributed by atoms with E-state index in [0.717, 1.165) is 48.1 Å². The predicted octanol–water partition coefficient (Wildman–Crippen LogP) is 4.52. The predicted molar refractivity (Wildman–Crippen MR) is 90.1 cm³/mol. The lowest BCUT2D eigenvalue weighted by molar-refractivity contribution is 0.415. The van der Waals surface area contributed by atoms with Gasteiger partial charge in [0, 0.05) is 30.6 Å². The molecule has 22 heavy (non-hydrogen) atoms. The fourth-order valence-corrected chi connectivity index (χ4v) is 2.50. The molecule has 0 fully saturated rings. The maximum atomic E-state index is 8.49. The topological polar surface area (TPSA) is 57.9 Å². The molecule has 2 aromatic rings. The molecule has 0 saturated carbocycles. The smallest absolute Gasteiger partial charge is 0.121 e. The number of hydrogen-bond donors (Lipinski definition) is 1. The van der Waals surface area contributed by atoms with Crippen molar-refractivity contribution in [3.63, 3.8) is 0 Å².